The number of aliphatic imine (C=N–C) groups is 1. The van der Waals surface area contributed by atoms with Crippen LogP contribution >= 0.6 is 11.6 Å². The lowest BCUT2D eigenvalue weighted by molar-refractivity contribution is -0.117. The monoisotopic (exact) mass is 571 g/mol. The van der Waals surface area contributed by atoms with E-state index in [2.05, 4.69) is 38.8 Å². The van der Waals surface area contributed by atoms with Crippen molar-refractivity contribution in [3.8, 4) is 11.1 Å². The Kier molecular flexibility index (Phi) is 7.83. The first kappa shape index (κ1) is 27.1. The molecule has 0 radical (unpaired) electrons. The van der Waals surface area contributed by atoms with Crippen LogP contribution in [0.3, 0.4) is 0 Å². The number of nitrogens with one attached hydrogen (secondary N) is 2. The number of aromatic nitrogens is 2. The van der Waals surface area contributed by atoms with Gasteiger partial charge in [0.1, 0.15) is 11.9 Å². The summed E-state index contributed by atoms with van der Waals surface area (Å²) in [5.41, 5.74) is 6.64. The smallest absolute Gasteiger partial charge is 0.249 e. The lowest BCUT2D eigenvalue weighted by Gasteiger charge is -2.15. The van der Waals surface area contributed by atoms with Gasteiger partial charge in [-0.25, -0.2) is 9.97 Å². The summed E-state index contributed by atoms with van der Waals surface area (Å²) in [5.74, 6) is 0.0304. The number of carbonyl (C=O) groups excluding carboxylic acids is 2. The van der Waals surface area contributed by atoms with Crippen LogP contribution in [0, 0.1) is 0 Å². The number of carbonyl (C=O) groups is 2. The molecule has 5 aromatic rings. The van der Waals surface area contributed by atoms with Crippen LogP contribution in [0.1, 0.15) is 22.5 Å². The van der Waals surface area contributed by atoms with Crippen LogP contribution in [0.5, 0.6) is 0 Å². The summed E-state index contributed by atoms with van der Waals surface area (Å²) in [6, 6.07) is 32.0. The Bertz CT molecular complexity index is 1770. The number of hydrogen-bond acceptors (Lipinski definition) is 5. The molecule has 0 bridgehead atoms. The van der Waals surface area contributed by atoms with Crippen molar-refractivity contribution in [1.82, 2.24) is 9.97 Å². The van der Waals surface area contributed by atoms with E-state index in [0.29, 0.717) is 34.4 Å². The number of fused-ring (bicyclic) bond motifs is 1. The third kappa shape index (κ3) is 6.11. The van der Waals surface area contributed by atoms with Crippen LogP contribution in [0.15, 0.2) is 121 Å². The average molecular weight is 572 g/mol. The molecule has 0 saturated carbocycles. The van der Waals surface area contributed by atoms with E-state index in [1.165, 1.54) is 0 Å². The molecule has 1 atom stereocenters. The predicted octanol–water partition coefficient (Wildman–Crippen LogP) is 6.38. The fourth-order valence-corrected chi connectivity index (χ4v) is 5.15. The zero-order valence-electron chi connectivity index (χ0n) is 22.5. The zero-order chi connectivity index (χ0) is 28.9. The van der Waals surface area contributed by atoms with Gasteiger partial charge in [0, 0.05) is 40.7 Å². The number of amides is 2. The molecule has 0 fully saturated rings. The largest absolute Gasteiger partial charge is 0.326 e. The quantitative estimate of drug-likeness (QED) is 0.237. The van der Waals surface area contributed by atoms with Crippen molar-refractivity contribution in [3.63, 3.8) is 0 Å². The van der Waals surface area contributed by atoms with Gasteiger partial charge >= 0.3 is 0 Å². The minimum absolute atomic E-state index is 0.0728. The van der Waals surface area contributed by atoms with Crippen molar-refractivity contribution in [2.45, 2.75) is 18.9 Å². The van der Waals surface area contributed by atoms with Crippen molar-refractivity contribution in [3.05, 3.63) is 143 Å². The Balaban J connectivity index is 1.31. The first-order chi connectivity index (χ1) is 20.5. The molecule has 206 valence electrons. The van der Waals surface area contributed by atoms with Crippen molar-refractivity contribution in [2.24, 2.45) is 4.99 Å². The van der Waals surface area contributed by atoms with E-state index >= 15 is 0 Å². The van der Waals surface area contributed by atoms with E-state index in [1.54, 1.807) is 30.6 Å². The summed E-state index contributed by atoms with van der Waals surface area (Å²) >= 11 is 6.31. The predicted molar refractivity (Wildman–Crippen MR) is 166 cm³/mol. The van der Waals surface area contributed by atoms with E-state index in [-0.39, 0.29) is 18.2 Å². The number of benzene rings is 4. The number of nitrogens with zero attached hydrogens (tertiary/aromatic N) is 3. The molecule has 0 saturated heterocycles. The second-order valence-corrected chi connectivity index (χ2v) is 10.3. The third-order valence-electron chi connectivity index (χ3n) is 6.98. The summed E-state index contributed by atoms with van der Waals surface area (Å²) in [6.45, 7) is 0. The van der Waals surface area contributed by atoms with Crippen LogP contribution < -0.4 is 10.6 Å². The van der Waals surface area contributed by atoms with Gasteiger partial charge in [-0.2, -0.15) is 0 Å². The number of benzodiazepines with no additional fused rings is 1. The third-order valence-corrected chi connectivity index (χ3v) is 7.21. The number of halogens is 1. The Morgan fingerprint density at radius 2 is 1.55 bits per heavy atom. The minimum Gasteiger partial charge on any atom is -0.326 e. The van der Waals surface area contributed by atoms with E-state index < -0.39 is 6.04 Å². The van der Waals surface area contributed by atoms with E-state index in [1.807, 2.05) is 66.7 Å². The van der Waals surface area contributed by atoms with E-state index in [4.69, 9.17) is 16.6 Å². The summed E-state index contributed by atoms with van der Waals surface area (Å²) in [5, 5.41) is 6.45. The summed E-state index contributed by atoms with van der Waals surface area (Å²) in [7, 11) is 0. The van der Waals surface area contributed by atoms with Crippen LogP contribution in [0.25, 0.3) is 11.1 Å². The van der Waals surface area contributed by atoms with Crippen LogP contribution in [-0.2, 0) is 22.4 Å². The highest BCUT2D eigenvalue weighted by atomic mass is 35.5. The standard InChI is InChI=1S/C34H26ClN5O2/c35-25-13-16-28-29(20-25)40-34(42)30(19-24-9-4-5-10-27(24)22-7-2-1-3-8-22)39-33(28)23-11-14-26(15-12-23)38-32(41)21-31-36-17-6-18-37-31/h1-18,20,30H,19,21H2,(H,38,41)(H,40,42). The number of rotatable bonds is 7. The van der Waals surface area contributed by atoms with Gasteiger partial charge in [-0.3, -0.25) is 14.6 Å². The van der Waals surface area contributed by atoms with Gasteiger partial charge in [0.2, 0.25) is 11.8 Å². The van der Waals surface area contributed by atoms with Gasteiger partial charge < -0.3 is 10.6 Å². The fraction of sp³-hybridized carbons (Fsp3) is 0.0882. The second kappa shape index (κ2) is 12.2. The van der Waals surface area contributed by atoms with Crippen molar-refractivity contribution in [2.75, 3.05) is 10.6 Å². The van der Waals surface area contributed by atoms with Gasteiger partial charge in [-0.1, -0.05) is 78.3 Å². The summed E-state index contributed by atoms with van der Waals surface area (Å²) in [4.78, 5) is 39.3. The molecule has 1 aliphatic rings. The topological polar surface area (TPSA) is 96.3 Å². The SMILES string of the molecule is O=C(Cc1ncccn1)Nc1ccc(C2=NC(Cc3ccccc3-c3ccccc3)C(=O)Nc3cc(Cl)ccc32)cc1. The lowest BCUT2D eigenvalue weighted by Crippen LogP contribution is -2.27. The van der Waals surface area contributed by atoms with Crippen molar-refractivity contribution in [1.29, 1.82) is 0 Å². The van der Waals surface area contributed by atoms with Gasteiger partial charge in [0.25, 0.3) is 0 Å². The molecule has 0 spiro atoms. The van der Waals surface area contributed by atoms with Crippen LogP contribution in [-0.4, -0.2) is 33.5 Å². The molecule has 1 aromatic heterocycles. The zero-order valence-corrected chi connectivity index (χ0v) is 23.3. The first-order valence-corrected chi connectivity index (χ1v) is 13.9. The molecule has 8 heteroatoms. The maximum atomic E-state index is 13.5. The molecule has 2 N–H and O–H groups in total. The second-order valence-electron chi connectivity index (χ2n) is 9.87. The Hall–Kier alpha value is -5.14. The minimum atomic E-state index is -0.679. The van der Waals surface area contributed by atoms with Gasteiger partial charge in [-0.05, 0) is 53.1 Å². The normalized spacial score (nSPS) is 14.3. The maximum absolute atomic E-state index is 13.5. The van der Waals surface area contributed by atoms with Crippen molar-refractivity contribution >= 4 is 40.5 Å². The van der Waals surface area contributed by atoms with Crippen LogP contribution in [0.2, 0.25) is 5.02 Å². The number of hydrogen-bond donors (Lipinski definition) is 2. The van der Waals surface area contributed by atoms with Gasteiger partial charge in [0.15, 0.2) is 0 Å². The molecular weight excluding hydrogens is 546 g/mol. The van der Waals surface area contributed by atoms with Gasteiger partial charge in [0.05, 0.1) is 17.8 Å². The van der Waals surface area contributed by atoms with Crippen molar-refractivity contribution < 1.29 is 9.59 Å². The average Bonchev–Trinajstić information content (AvgIpc) is 3.14. The Morgan fingerprint density at radius 3 is 2.33 bits per heavy atom. The van der Waals surface area contributed by atoms with Gasteiger partial charge in [-0.15, -0.1) is 0 Å². The first-order valence-electron chi connectivity index (χ1n) is 13.5. The van der Waals surface area contributed by atoms with E-state index in [0.717, 1.165) is 27.8 Å². The highest BCUT2D eigenvalue weighted by Gasteiger charge is 2.27. The molecule has 2 heterocycles. The molecule has 4 aromatic carbocycles. The maximum Gasteiger partial charge on any atom is 0.249 e. The lowest BCUT2D eigenvalue weighted by atomic mass is 9.95. The molecule has 1 unspecified atom stereocenters. The van der Waals surface area contributed by atoms with E-state index in [9.17, 15) is 9.59 Å². The molecule has 42 heavy (non-hydrogen) atoms. The summed E-state index contributed by atoms with van der Waals surface area (Å²) < 4.78 is 0. The molecule has 0 aliphatic carbocycles. The molecule has 2 amide bonds. The molecular formula is C34H26ClN5O2. The Labute approximate surface area is 248 Å². The molecule has 7 nitrogen and oxygen atoms in total. The van der Waals surface area contributed by atoms with Crippen LogP contribution in [0.4, 0.5) is 11.4 Å². The Morgan fingerprint density at radius 1 is 0.810 bits per heavy atom. The molecule has 1 aliphatic heterocycles. The highest BCUT2D eigenvalue weighted by Crippen LogP contribution is 2.30. The fourth-order valence-electron chi connectivity index (χ4n) is 4.98. The highest BCUT2D eigenvalue weighted by molar-refractivity contribution is 6.31. The number of anilines is 2. The summed E-state index contributed by atoms with van der Waals surface area (Å²) in [6.07, 6.45) is 3.70. The molecule has 6 rings (SSSR count).